The smallest absolute Gasteiger partial charge is 0.172 e. The molecule has 1 aromatic heterocycles. The third-order valence-electron chi connectivity index (χ3n) is 4.31. The van der Waals surface area contributed by atoms with Crippen LogP contribution < -0.4 is 0 Å². The maximum absolute atomic E-state index is 11.9. The van der Waals surface area contributed by atoms with Gasteiger partial charge in [-0.3, -0.25) is 4.79 Å². The third kappa shape index (κ3) is 5.02. The Labute approximate surface area is 127 Å². The summed E-state index contributed by atoms with van der Waals surface area (Å²) in [6, 6.07) is 3.90. The number of ketones is 1. The van der Waals surface area contributed by atoms with Crippen LogP contribution in [-0.4, -0.2) is 30.3 Å². The number of carbonyl (C=O) groups excluding carboxylic acids is 1. The minimum atomic E-state index is 0.318. The molecule has 0 aliphatic carbocycles. The van der Waals surface area contributed by atoms with Crippen molar-refractivity contribution in [2.45, 2.75) is 51.9 Å². The molecule has 1 aliphatic rings. The molecular weight excluding hydrogens is 266 g/mol. The van der Waals surface area contributed by atoms with Crippen LogP contribution in [-0.2, 0) is 0 Å². The van der Waals surface area contributed by atoms with Gasteiger partial charge in [0.05, 0.1) is 4.88 Å². The molecule has 1 saturated heterocycles. The molecule has 20 heavy (non-hydrogen) atoms. The van der Waals surface area contributed by atoms with E-state index in [2.05, 4.69) is 11.8 Å². The lowest BCUT2D eigenvalue weighted by Crippen LogP contribution is -2.26. The van der Waals surface area contributed by atoms with Crippen molar-refractivity contribution in [1.29, 1.82) is 0 Å². The van der Waals surface area contributed by atoms with Crippen LogP contribution in [0.15, 0.2) is 17.5 Å². The first-order valence-electron chi connectivity index (χ1n) is 8.08. The number of Topliss-reactive ketones (excluding diaryl/α,β-unsaturated/α-hetero) is 1. The second-order valence-corrected chi connectivity index (χ2v) is 6.88. The first kappa shape index (κ1) is 15.7. The summed E-state index contributed by atoms with van der Waals surface area (Å²) in [6.07, 6.45) is 8.52. The first-order chi connectivity index (χ1) is 9.79. The highest BCUT2D eigenvalue weighted by Crippen LogP contribution is 2.22. The number of hydrogen-bond acceptors (Lipinski definition) is 3. The van der Waals surface area contributed by atoms with Gasteiger partial charge in [-0.15, -0.1) is 11.3 Å². The van der Waals surface area contributed by atoms with Gasteiger partial charge in [0.25, 0.3) is 0 Å². The fourth-order valence-corrected chi connectivity index (χ4v) is 3.86. The molecule has 1 aromatic rings. The molecule has 1 atom stereocenters. The van der Waals surface area contributed by atoms with E-state index in [1.807, 2.05) is 17.5 Å². The SMILES string of the molecule is CCCC1CCCN(CCCC(=O)c2cccs2)CC1. The van der Waals surface area contributed by atoms with Crippen molar-refractivity contribution in [3.05, 3.63) is 22.4 Å². The van der Waals surface area contributed by atoms with Gasteiger partial charge in [-0.05, 0) is 62.7 Å². The molecular formula is C17H27NOS. The minimum absolute atomic E-state index is 0.318. The van der Waals surface area contributed by atoms with Gasteiger partial charge in [-0.2, -0.15) is 0 Å². The van der Waals surface area contributed by atoms with E-state index < -0.39 is 0 Å². The van der Waals surface area contributed by atoms with Crippen LogP contribution >= 0.6 is 11.3 Å². The zero-order valence-corrected chi connectivity index (χ0v) is 13.5. The average molecular weight is 293 g/mol. The number of hydrogen-bond donors (Lipinski definition) is 0. The summed E-state index contributed by atoms with van der Waals surface area (Å²) in [5.41, 5.74) is 0. The van der Waals surface area contributed by atoms with E-state index in [9.17, 15) is 4.79 Å². The van der Waals surface area contributed by atoms with Crippen molar-refractivity contribution in [1.82, 2.24) is 4.90 Å². The number of rotatable bonds is 7. The highest BCUT2D eigenvalue weighted by atomic mass is 32.1. The summed E-state index contributed by atoms with van der Waals surface area (Å²) in [5, 5.41) is 1.98. The Bertz CT molecular complexity index is 388. The number of likely N-dealkylation sites (tertiary alicyclic amines) is 1. The maximum atomic E-state index is 11.9. The lowest BCUT2D eigenvalue weighted by atomic mass is 9.96. The largest absolute Gasteiger partial charge is 0.303 e. The van der Waals surface area contributed by atoms with Crippen LogP contribution in [0.3, 0.4) is 0 Å². The summed E-state index contributed by atoms with van der Waals surface area (Å²) in [4.78, 5) is 15.4. The second-order valence-electron chi connectivity index (χ2n) is 5.93. The summed E-state index contributed by atoms with van der Waals surface area (Å²) < 4.78 is 0. The van der Waals surface area contributed by atoms with Crippen LogP contribution in [0.1, 0.15) is 61.5 Å². The molecule has 2 heterocycles. The molecule has 3 heteroatoms. The van der Waals surface area contributed by atoms with Gasteiger partial charge >= 0.3 is 0 Å². The quantitative estimate of drug-likeness (QED) is 0.684. The van der Waals surface area contributed by atoms with Crippen LogP contribution in [0.25, 0.3) is 0 Å². The normalized spacial score (nSPS) is 20.8. The van der Waals surface area contributed by atoms with Crippen molar-refractivity contribution in [2.75, 3.05) is 19.6 Å². The van der Waals surface area contributed by atoms with Crippen molar-refractivity contribution in [3.63, 3.8) is 0 Å². The predicted molar refractivity (Wildman–Crippen MR) is 86.6 cm³/mol. The first-order valence-corrected chi connectivity index (χ1v) is 8.96. The van der Waals surface area contributed by atoms with Crippen molar-refractivity contribution < 1.29 is 4.79 Å². The summed E-state index contributed by atoms with van der Waals surface area (Å²) in [6.45, 7) is 5.85. The van der Waals surface area contributed by atoms with Gasteiger partial charge in [0.15, 0.2) is 5.78 Å². The van der Waals surface area contributed by atoms with E-state index in [1.54, 1.807) is 11.3 Å². The number of thiophene rings is 1. The molecule has 0 amide bonds. The summed E-state index contributed by atoms with van der Waals surface area (Å²) in [5.74, 6) is 1.26. The summed E-state index contributed by atoms with van der Waals surface area (Å²) in [7, 11) is 0. The Hall–Kier alpha value is -0.670. The van der Waals surface area contributed by atoms with Crippen molar-refractivity contribution >= 4 is 17.1 Å². The fraction of sp³-hybridized carbons (Fsp3) is 0.706. The second kappa shape index (κ2) is 8.58. The van der Waals surface area contributed by atoms with E-state index in [0.29, 0.717) is 12.2 Å². The molecule has 0 aromatic carbocycles. The molecule has 112 valence electrons. The van der Waals surface area contributed by atoms with E-state index in [4.69, 9.17) is 0 Å². The number of nitrogens with zero attached hydrogens (tertiary/aromatic N) is 1. The molecule has 2 rings (SSSR count). The molecule has 2 nitrogen and oxygen atoms in total. The van der Waals surface area contributed by atoms with Gasteiger partial charge in [0.1, 0.15) is 0 Å². The number of carbonyl (C=O) groups is 1. The fourth-order valence-electron chi connectivity index (χ4n) is 3.17. The standard InChI is InChI=1S/C17H27NOS/c1-2-6-15-7-3-11-18(13-10-15)12-4-8-16(19)17-9-5-14-20-17/h5,9,14-15H,2-4,6-8,10-13H2,1H3. The Morgan fingerprint density at radius 3 is 3.05 bits per heavy atom. The van der Waals surface area contributed by atoms with Crippen molar-refractivity contribution in [2.24, 2.45) is 5.92 Å². The maximum Gasteiger partial charge on any atom is 0.172 e. The van der Waals surface area contributed by atoms with E-state index >= 15 is 0 Å². The molecule has 0 bridgehead atoms. The van der Waals surface area contributed by atoms with E-state index in [-0.39, 0.29) is 0 Å². The van der Waals surface area contributed by atoms with Gasteiger partial charge in [-0.25, -0.2) is 0 Å². The highest BCUT2D eigenvalue weighted by molar-refractivity contribution is 7.12. The topological polar surface area (TPSA) is 20.3 Å². The zero-order chi connectivity index (χ0) is 14.2. The van der Waals surface area contributed by atoms with Crippen LogP contribution in [0.2, 0.25) is 0 Å². The Kier molecular flexibility index (Phi) is 6.74. The Morgan fingerprint density at radius 1 is 1.40 bits per heavy atom. The van der Waals surface area contributed by atoms with Crippen LogP contribution in [0, 0.1) is 5.92 Å². The van der Waals surface area contributed by atoms with Crippen molar-refractivity contribution in [3.8, 4) is 0 Å². The molecule has 0 spiro atoms. The van der Waals surface area contributed by atoms with E-state index in [0.717, 1.165) is 23.8 Å². The molecule has 1 aliphatic heterocycles. The lowest BCUT2D eigenvalue weighted by molar-refractivity contribution is 0.0978. The Morgan fingerprint density at radius 2 is 2.30 bits per heavy atom. The third-order valence-corrected chi connectivity index (χ3v) is 5.22. The minimum Gasteiger partial charge on any atom is -0.303 e. The van der Waals surface area contributed by atoms with Crippen LogP contribution in [0.4, 0.5) is 0 Å². The average Bonchev–Trinajstić information content (AvgIpc) is 2.89. The molecule has 1 fully saturated rings. The Balaban J connectivity index is 1.65. The highest BCUT2D eigenvalue weighted by Gasteiger charge is 2.16. The van der Waals surface area contributed by atoms with Gasteiger partial charge in [0, 0.05) is 6.42 Å². The molecule has 0 radical (unpaired) electrons. The monoisotopic (exact) mass is 293 g/mol. The zero-order valence-electron chi connectivity index (χ0n) is 12.6. The molecule has 0 saturated carbocycles. The van der Waals surface area contributed by atoms with Gasteiger partial charge in [-0.1, -0.05) is 25.8 Å². The van der Waals surface area contributed by atoms with Gasteiger partial charge < -0.3 is 4.90 Å². The molecule has 1 unspecified atom stereocenters. The van der Waals surface area contributed by atoms with E-state index in [1.165, 1.54) is 45.2 Å². The van der Waals surface area contributed by atoms with Crippen LogP contribution in [0.5, 0.6) is 0 Å². The summed E-state index contributed by atoms with van der Waals surface area (Å²) >= 11 is 1.56. The predicted octanol–water partition coefficient (Wildman–Crippen LogP) is 4.61. The lowest BCUT2D eigenvalue weighted by Gasteiger charge is -2.19. The van der Waals surface area contributed by atoms with Gasteiger partial charge in [0.2, 0.25) is 0 Å². The molecule has 0 N–H and O–H groups in total.